The number of hydrogen-bond donors (Lipinski definition) is 1. The van der Waals surface area contributed by atoms with Crippen molar-refractivity contribution in [3.63, 3.8) is 0 Å². The third kappa shape index (κ3) is 5.87. The van der Waals surface area contributed by atoms with Crippen molar-refractivity contribution in [1.82, 2.24) is 0 Å². The molecule has 2 aromatic heterocycles. The van der Waals surface area contributed by atoms with Crippen LogP contribution in [-0.2, 0) is 4.74 Å². The van der Waals surface area contributed by atoms with Crippen molar-refractivity contribution in [3.05, 3.63) is 87.4 Å². The van der Waals surface area contributed by atoms with Gasteiger partial charge in [-0.2, -0.15) is 0 Å². The summed E-state index contributed by atoms with van der Waals surface area (Å²) in [6, 6.07) is 8.79. The Labute approximate surface area is 226 Å². The van der Waals surface area contributed by atoms with Crippen LogP contribution in [0.4, 0.5) is 5.88 Å². The first-order valence-corrected chi connectivity index (χ1v) is 13.8. The minimum absolute atomic E-state index is 0.0753. The van der Waals surface area contributed by atoms with Gasteiger partial charge in [-0.3, -0.25) is 9.59 Å². The molecule has 0 atom stereocenters. The Morgan fingerprint density at radius 2 is 1.89 bits per heavy atom. The maximum absolute atomic E-state index is 13.0. The average Bonchev–Trinajstić information content (AvgIpc) is 3.37. The van der Waals surface area contributed by atoms with Gasteiger partial charge < -0.3 is 19.8 Å². The summed E-state index contributed by atoms with van der Waals surface area (Å²) in [5.74, 6) is 0.0316. The quantitative estimate of drug-likeness (QED) is 0.321. The number of allylic oxidation sites excluding steroid dienone is 4. The normalized spacial score (nSPS) is 15.2. The molecule has 1 saturated heterocycles. The number of fused-ring (bicyclic) bond motifs is 1. The molecule has 0 bridgehead atoms. The maximum Gasteiger partial charge on any atom is 0.249 e. The number of morpholine rings is 1. The lowest BCUT2D eigenvalue weighted by Crippen LogP contribution is -2.36. The van der Waals surface area contributed by atoms with E-state index in [-0.39, 0.29) is 5.43 Å². The van der Waals surface area contributed by atoms with E-state index in [9.17, 15) is 9.59 Å². The van der Waals surface area contributed by atoms with Crippen LogP contribution in [0.25, 0.3) is 21.6 Å². The highest BCUT2D eigenvalue weighted by Crippen LogP contribution is 2.34. The Morgan fingerprint density at radius 1 is 1.16 bits per heavy atom. The molecule has 0 unspecified atom stereocenters. The van der Waals surface area contributed by atoms with Crippen molar-refractivity contribution in [2.24, 2.45) is 10.7 Å². The van der Waals surface area contributed by atoms with Crippen LogP contribution in [-0.4, -0.2) is 37.9 Å². The molecule has 0 saturated carbocycles. The van der Waals surface area contributed by atoms with E-state index >= 15 is 0 Å². The van der Waals surface area contributed by atoms with Crippen molar-refractivity contribution < 1.29 is 13.9 Å². The number of nitrogens with zero attached hydrogens (tertiary/aromatic N) is 2. The van der Waals surface area contributed by atoms with Crippen molar-refractivity contribution in [1.29, 1.82) is 0 Å². The van der Waals surface area contributed by atoms with E-state index in [1.54, 1.807) is 24.3 Å². The monoisotopic (exact) mass is 531 g/mol. The fourth-order valence-electron chi connectivity index (χ4n) is 4.38. The van der Waals surface area contributed by atoms with E-state index in [4.69, 9.17) is 19.9 Å². The minimum Gasteiger partial charge on any atom is -0.439 e. The van der Waals surface area contributed by atoms with Gasteiger partial charge in [-0.1, -0.05) is 57.2 Å². The van der Waals surface area contributed by atoms with Gasteiger partial charge >= 0.3 is 0 Å². The molecule has 7 nitrogen and oxygen atoms in total. The van der Waals surface area contributed by atoms with Gasteiger partial charge in [-0.05, 0) is 30.5 Å². The van der Waals surface area contributed by atoms with Gasteiger partial charge in [0, 0.05) is 35.7 Å². The van der Waals surface area contributed by atoms with Crippen molar-refractivity contribution in [2.75, 3.05) is 31.2 Å². The highest BCUT2D eigenvalue weighted by molar-refractivity contribution is 7.17. The highest BCUT2D eigenvalue weighted by atomic mass is 32.1. The summed E-state index contributed by atoms with van der Waals surface area (Å²) in [4.78, 5) is 32.3. The number of amides is 1. The van der Waals surface area contributed by atoms with Gasteiger partial charge in [-0.15, -0.1) is 11.3 Å². The van der Waals surface area contributed by atoms with Crippen LogP contribution in [0.3, 0.4) is 0 Å². The molecule has 2 N–H and O–H groups in total. The van der Waals surface area contributed by atoms with Crippen LogP contribution < -0.4 is 16.1 Å². The van der Waals surface area contributed by atoms with Gasteiger partial charge in [0.25, 0.3) is 0 Å². The molecule has 1 aliphatic rings. The summed E-state index contributed by atoms with van der Waals surface area (Å²) in [7, 11) is 0. The molecule has 8 heteroatoms. The number of thiophene rings is 1. The number of rotatable bonds is 10. The molecule has 1 amide bonds. The van der Waals surface area contributed by atoms with Gasteiger partial charge in [0.2, 0.25) is 11.3 Å². The van der Waals surface area contributed by atoms with Crippen LogP contribution >= 0.6 is 11.3 Å². The zero-order chi connectivity index (χ0) is 27.1. The number of ether oxygens (including phenoxy) is 1. The number of carbonyl (C=O) groups excluding carboxylic acids is 1. The zero-order valence-electron chi connectivity index (χ0n) is 21.9. The molecule has 0 radical (unpaired) electrons. The SMILES string of the molecule is C=CC(=N/C(=C\CCC)c1csc2c(=O)cc(N3CCOCC3)oc12)/C(=C\CC)c1ccccc1C(N)=O. The largest absolute Gasteiger partial charge is 0.439 e. The number of hydrogen-bond acceptors (Lipinski definition) is 7. The lowest BCUT2D eigenvalue weighted by atomic mass is 9.94. The summed E-state index contributed by atoms with van der Waals surface area (Å²) >= 11 is 1.35. The highest BCUT2D eigenvalue weighted by Gasteiger charge is 2.21. The summed E-state index contributed by atoms with van der Waals surface area (Å²) in [6.45, 7) is 10.7. The predicted molar refractivity (Wildman–Crippen MR) is 157 cm³/mol. The molecule has 1 aliphatic heterocycles. The number of unbranched alkanes of at least 4 members (excludes halogenated alkanes) is 1. The fraction of sp³-hybridized carbons (Fsp3) is 0.300. The number of primary amides is 1. The van der Waals surface area contributed by atoms with Crippen molar-refractivity contribution in [2.45, 2.75) is 33.1 Å². The molecule has 1 fully saturated rings. The smallest absolute Gasteiger partial charge is 0.249 e. The first-order valence-electron chi connectivity index (χ1n) is 12.9. The minimum atomic E-state index is -0.506. The van der Waals surface area contributed by atoms with Crippen LogP contribution in [0.1, 0.15) is 54.6 Å². The summed E-state index contributed by atoms with van der Waals surface area (Å²) in [6.07, 6.45) is 8.19. The second kappa shape index (κ2) is 12.7. The van der Waals surface area contributed by atoms with Crippen LogP contribution in [0.5, 0.6) is 0 Å². The third-order valence-corrected chi connectivity index (χ3v) is 7.23. The summed E-state index contributed by atoms with van der Waals surface area (Å²) < 4.78 is 12.4. The first-order chi connectivity index (χ1) is 18.5. The summed E-state index contributed by atoms with van der Waals surface area (Å²) in [5.41, 5.74) is 10.1. The van der Waals surface area contributed by atoms with E-state index in [0.29, 0.717) is 65.0 Å². The number of anilines is 1. The molecule has 1 aromatic carbocycles. The van der Waals surface area contributed by atoms with E-state index in [0.717, 1.165) is 30.4 Å². The lowest BCUT2D eigenvalue weighted by molar-refractivity contribution is 0.1000. The van der Waals surface area contributed by atoms with E-state index in [1.807, 2.05) is 35.4 Å². The standard InChI is InChI=1S/C30H33N3O4S/c1-4-7-13-25(32-24(6-3)21(10-5-2)20-11-8-9-12-22(20)30(31)35)23-19-38-29-26(34)18-27(37-28(23)29)33-14-16-36-17-15-33/h6,8-13,18-19H,3-5,7,14-17H2,1-2H3,(H2,31,35)/b21-10-,25-13-,32-24-. The van der Waals surface area contributed by atoms with E-state index in [2.05, 4.69) is 19.6 Å². The molecule has 4 rings (SSSR count). The Hall–Kier alpha value is -3.75. The number of aliphatic imine (C=N–C) groups is 1. The molecule has 198 valence electrons. The van der Waals surface area contributed by atoms with E-state index < -0.39 is 5.91 Å². The van der Waals surface area contributed by atoms with Crippen LogP contribution in [0.2, 0.25) is 0 Å². The Morgan fingerprint density at radius 3 is 2.55 bits per heavy atom. The van der Waals surface area contributed by atoms with Crippen LogP contribution in [0.15, 0.2) is 74.7 Å². The average molecular weight is 532 g/mol. The van der Waals surface area contributed by atoms with Crippen LogP contribution in [0, 0.1) is 0 Å². The maximum atomic E-state index is 13.0. The molecule has 0 spiro atoms. The Kier molecular flexibility index (Phi) is 9.10. The number of benzene rings is 1. The fourth-order valence-corrected chi connectivity index (χ4v) is 5.28. The second-order valence-electron chi connectivity index (χ2n) is 8.87. The molecule has 38 heavy (non-hydrogen) atoms. The first kappa shape index (κ1) is 27.3. The van der Waals surface area contributed by atoms with Gasteiger partial charge in [0.05, 0.1) is 30.2 Å². The van der Waals surface area contributed by atoms with Crippen molar-refractivity contribution in [3.8, 4) is 0 Å². The van der Waals surface area contributed by atoms with Gasteiger partial charge in [0.1, 0.15) is 4.70 Å². The second-order valence-corrected chi connectivity index (χ2v) is 9.75. The third-order valence-electron chi connectivity index (χ3n) is 6.26. The predicted octanol–water partition coefficient (Wildman–Crippen LogP) is 6.05. The summed E-state index contributed by atoms with van der Waals surface area (Å²) in [5, 5.41) is 1.92. The van der Waals surface area contributed by atoms with Crippen molar-refractivity contribution >= 4 is 50.4 Å². The number of carbonyl (C=O) groups is 1. The Bertz CT molecular complexity index is 1470. The molecule has 0 aliphatic carbocycles. The number of nitrogens with two attached hydrogens (primary N) is 1. The molecular formula is C30H33N3O4S. The zero-order valence-corrected chi connectivity index (χ0v) is 22.7. The molecule has 3 heterocycles. The lowest BCUT2D eigenvalue weighted by Gasteiger charge is -2.27. The van der Waals surface area contributed by atoms with Gasteiger partial charge in [-0.25, -0.2) is 4.99 Å². The molecular weight excluding hydrogens is 498 g/mol. The Balaban J connectivity index is 1.87. The topological polar surface area (TPSA) is 98.1 Å². The van der Waals surface area contributed by atoms with E-state index in [1.165, 1.54) is 11.3 Å². The van der Waals surface area contributed by atoms with Gasteiger partial charge in [0.15, 0.2) is 11.5 Å². The molecule has 3 aromatic rings.